The predicted molar refractivity (Wildman–Crippen MR) is 94.7 cm³/mol. The summed E-state index contributed by atoms with van der Waals surface area (Å²) in [7, 11) is 1.74. The fourth-order valence-corrected chi connectivity index (χ4v) is 2.31. The fourth-order valence-electron chi connectivity index (χ4n) is 2.31. The molecule has 1 amide bonds. The molecule has 118 valence electrons. The molecule has 1 fully saturated rings. The Hall–Kier alpha value is -0.530. The second-order valence-electron chi connectivity index (χ2n) is 5.08. The van der Waals surface area contributed by atoms with Crippen molar-refractivity contribution < 1.29 is 4.79 Å². The molecule has 0 bridgehead atoms. The zero-order valence-corrected chi connectivity index (χ0v) is 15.0. The molecule has 0 saturated heterocycles. The molecular weight excluding hydrogens is 367 g/mol. The number of rotatable bonds is 6. The van der Waals surface area contributed by atoms with Crippen molar-refractivity contribution in [2.75, 3.05) is 20.1 Å². The second kappa shape index (κ2) is 12.2. The van der Waals surface area contributed by atoms with Gasteiger partial charge in [0.1, 0.15) is 0 Å². The van der Waals surface area contributed by atoms with E-state index in [-0.39, 0.29) is 29.9 Å². The summed E-state index contributed by atoms with van der Waals surface area (Å²) in [6, 6.07) is 0.402. The van der Waals surface area contributed by atoms with Gasteiger partial charge < -0.3 is 16.0 Å². The van der Waals surface area contributed by atoms with Crippen molar-refractivity contribution in [2.45, 2.75) is 57.9 Å². The quantitative estimate of drug-likeness (QED) is 0.366. The van der Waals surface area contributed by atoms with Crippen molar-refractivity contribution >= 4 is 35.8 Å². The largest absolute Gasteiger partial charge is 0.356 e. The summed E-state index contributed by atoms with van der Waals surface area (Å²) in [6.45, 7) is 3.63. The van der Waals surface area contributed by atoms with Gasteiger partial charge in [0.15, 0.2) is 5.96 Å². The zero-order valence-electron chi connectivity index (χ0n) is 12.7. The lowest BCUT2D eigenvalue weighted by Gasteiger charge is -2.22. The Morgan fingerprint density at radius 2 is 1.80 bits per heavy atom. The molecule has 0 unspecified atom stereocenters. The van der Waals surface area contributed by atoms with Crippen molar-refractivity contribution in [3.63, 3.8) is 0 Å². The number of nitrogens with one attached hydrogen (secondary N) is 3. The number of carbonyl (C=O) groups is 1. The highest BCUT2D eigenvalue weighted by Crippen LogP contribution is 2.17. The third-order valence-electron chi connectivity index (χ3n) is 3.38. The lowest BCUT2D eigenvalue weighted by Crippen LogP contribution is -2.41. The maximum atomic E-state index is 11.8. The van der Waals surface area contributed by atoms with E-state index in [0.717, 1.165) is 31.8 Å². The van der Waals surface area contributed by atoms with Gasteiger partial charge in [-0.15, -0.1) is 24.0 Å². The monoisotopic (exact) mass is 396 g/mol. The number of guanidine groups is 1. The van der Waals surface area contributed by atoms with Crippen LogP contribution in [0.25, 0.3) is 0 Å². The second-order valence-corrected chi connectivity index (χ2v) is 5.08. The molecule has 1 rings (SSSR count). The molecule has 0 aromatic rings. The number of hydrogen-bond donors (Lipinski definition) is 3. The van der Waals surface area contributed by atoms with E-state index in [0.29, 0.717) is 19.0 Å². The molecule has 6 heteroatoms. The molecule has 0 aromatic carbocycles. The van der Waals surface area contributed by atoms with E-state index >= 15 is 0 Å². The number of hydrogen-bond acceptors (Lipinski definition) is 2. The van der Waals surface area contributed by atoms with Crippen molar-refractivity contribution in [3.05, 3.63) is 0 Å². The first-order valence-corrected chi connectivity index (χ1v) is 7.50. The molecule has 1 aliphatic carbocycles. The summed E-state index contributed by atoms with van der Waals surface area (Å²) < 4.78 is 0. The Morgan fingerprint density at radius 1 is 1.15 bits per heavy atom. The van der Waals surface area contributed by atoms with E-state index in [2.05, 4.69) is 27.9 Å². The normalized spacial score (nSPS) is 16.2. The Labute approximate surface area is 139 Å². The SMILES string of the molecule is CCCNC(=NC)NCCC(=O)NC1CCCCC1.I. The molecule has 0 aliphatic heterocycles. The van der Waals surface area contributed by atoms with Crippen LogP contribution in [0.15, 0.2) is 4.99 Å². The van der Waals surface area contributed by atoms with Crippen LogP contribution in [0.3, 0.4) is 0 Å². The van der Waals surface area contributed by atoms with Gasteiger partial charge >= 0.3 is 0 Å². The standard InChI is InChI=1S/C14H28N4O.HI/c1-3-10-16-14(15-2)17-11-9-13(19)18-12-7-5-4-6-8-12;/h12H,3-11H2,1-2H3,(H,18,19)(H2,15,16,17);1H. The molecule has 5 nitrogen and oxygen atoms in total. The molecule has 0 atom stereocenters. The molecule has 0 aromatic heterocycles. The Balaban J connectivity index is 0.00000361. The highest BCUT2D eigenvalue weighted by molar-refractivity contribution is 14.0. The summed E-state index contributed by atoms with van der Waals surface area (Å²) in [4.78, 5) is 15.9. The number of aliphatic imine (C=N–C) groups is 1. The minimum atomic E-state index is 0. The first-order chi connectivity index (χ1) is 9.26. The van der Waals surface area contributed by atoms with E-state index in [9.17, 15) is 4.79 Å². The van der Waals surface area contributed by atoms with Crippen LogP contribution in [0.2, 0.25) is 0 Å². The highest BCUT2D eigenvalue weighted by atomic mass is 127. The summed E-state index contributed by atoms with van der Waals surface area (Å²) in [5.74, 6) is 0.915. The van der Waals surface area contributed by atoms with Gasteiger partial charge in [-0.1, -0.05) is 26.2 Å². The Kier molecular flexibility index (Phi) is 11.9. The smallest absolute Gasteiger partial charge is 0.221 e. The summed E-state index contributed by atoms with van der Waals surface area (Å²) in [6.07, 6.45) is 7.64. The van der Waals surface area contributed by atoms with Gasteiger partial charge in [0.05, 0.1) is 0 Å². The van der Waals surface area contributed by atoms with E-state index in [1.165, 1.54) is 19.3 Å². The van der Waals surface area contributed by atoms with Gasteiger partial charge in [0, 0.05) is 32.6 Å². The van der Waals surface area contributed by atoms with Crippen LogP contribution in [0, 0.1) is 0 Å². The minimum absolute atomic E-state index is 0. The molecule has 3 N–H and O–H groups in total. The lowest BCUT2D eigenvalue weighted by atomic mass is 9.95. The molecule has 0 radical (unpaired) electrons. The van der Waals surface area contributed by atoms with Crippen LogP contribution >= 0.6 is 24.0 Å². The number of halogens is 1. The maximum absolute atomic E-state index is 11.8. The fraction of sp³-hybridized carbons (Fsp3) is 0.857. The molecule has 20 heavy (non-hydrogen) atoms. The van der Waals surface area contributed by atoms with Gasteiger partial charge in [0.2, 0.25) is 5.91 Å². The van der Waals surface area contributed by atoms with E-state index in [4.69, 9.17) is 0 Å². The van der Waals surface area contributed by atoms with Crippen LogP contribution in [0.1, 0.15) is 51.9 Å². The number of carbonyl (C=O) groups excluding carboxylic acids is 1. The first-order valence-electron chi connectivity index (χ1n) is 7.50. The van der Waals surface area contributed by atoms with Crippen LogP contribution < -0.4 is 16.0 Å². The number of amides is 1. The lowest BCUT2D eigenvalue weighted by molar-refractivity contribution is -0.121. The van der Waals surface area contributed by atoms with Gasteiger partial charge in [-0.25, -0.2) is 0 Å². The minimum Gasteiger partial charge on any atom is -0.356 e. The van der Waals surface area contributed by atoms with Crippen LogP contribution in [-0.2, 0) is 4.79 Å². The molecular formula is C14H29IN4O. The summed E-state index contributed by atoms with van der Waals surface area (Å²) in [5, 5.41) is 9.45. The average molecular weight is 396 g/mol. The van der Waals surface area contributed by atoms with E-state index in [1.54, 1.807) is 7.05 Å². The molecule has 1 aliphatic rings. The topological polar surface area (TPSA) is 65.5 Å². The van der Waals surface area contributed by atoms with E-state index in [1.807, 2.05) is 0 Å². The molecule has 0 heterocycles. The highest BCUT2D eigenvalue weighted by Gasteiger charge is 2.15. The molecule has 1 saturated carbocycles. The Bertz CT molecular complexity index is 291. The van der Waals surface area contributed by atoms with Gasteiger partial charge in [0.25, 0.3) is 0 Å². The first kappa shape index (κ1) is 19.5. The summed E-state index contributed by atoms with van der Waals surface area (Å²) in [5.41, 5.74) is 0. The Morgan fingerprint density at radius 3 is 2.40 bits per heavy atom. The zero-order chi connectivity index (χ0) is 13.9. The van der Waals surface area contributed by atoms with Crippen LogP contribution in [-0.4, -0.2) is 38.0 Å². The average Bonchev–Trinajstić information content (AvgIpc) is 2.43. The number of nitrogens with zero attached hydrogens (tertiary/aromatic N) is 1. The van der Waals surface area contributed by atoms with E-state index < -0.39 is 0 Å². The van der Waals surface area contributed by atoms with Gasteiger partial charge in [-0.2, -0.15) is 0 Å². The predicted octanol–water partition coefficient (Wildman–Crippen LogP) is 2.02. The van der Waals surface area contributed by atoms with Crippen molar-refractivity contribution in [1.82, 2.24) is 16.0 Å². The molecule has 0 spiro atoms. The maximum Gasteiger partial charge on any atom is 0.221 e. The third kappa shape index (κ3) is 8.60. The van der Waals surface area contributed by atoms with Gasteiger partial charge in [-0.05, 0) is 19.3 Å². The van der Waals surface area contributed by atoms with Crippen molar-refractivity contribution in [1.29, 1.82) is 0 Å². The third-order valence-corrected chi connectivity index (χ3v) is 3.38. The van der Waals surface area contributed by atoms with Crippen molar-refractivity contribution in [3.8, 4) is 0 Å². The van der Waals surface area contributed by atoms with Gasteiger partial charge in [-0.3, -0.25) is 9.79 Å². The van der Waals surface area contributed by atoms with Crippen LogP contribution in [0.4, 0.5) is 0 Å². The summed E-state index contributed by atoms with van der Waals surface area (Å²) >= 11 is 0. The van der Waals surface area contributed by atoms with Crippen molar-refractivity contribution in [2.24, 2.45) is 4.99 Å². The van der Waals surface area contributed by atoms with Crippen LogP contribution in [0.5, 0.6) is 0 Å².